The van der Waals surface area contributed by atoms with Crippen molar-refractivity contribution in [2.75, 3.05) is 18.5 Å². The van der Waals surface area contributed by atoms with E-state index >= 15 is 0 Å². The molecule has 0 fully saturated rings. The zero-order valence-electron chi connectivity index (χ0n) is 10.7. The molecule has 0 aliphatic heterocycles. The van der Waals surface area contributed by atoms with Gasteiger partial charge in [-0.3, -0.25) is 4.79 Å². The van der Waals surface area contributed by atoms with E-state index in [0.717, 1.165) is 13.0 Å². The lowest BCUT2D eigenvalue weighted by Gasteiger charge is -2.10. The Kier molecular flexibility index (Phi) is 5.15. The van der Waals surface area contributed by atoms with E-state index < -0.39 is 0 Å². The molecule has 5 nitrogen and oxygen atoms in total. The summed E-state index contributed by atoms with van der Waals surface area (Å²) in [4.78, 5) is 11.9. The van der Waals surface area contributed by atoms with Gasteiger partial charge in [0.1, 0.15) is 4.47 Å². The molecule has 1 aromatic heterocycles. The minimum Gasteiger partial charge on any atom is -0.394 e. The minimum atomic E-state index is -0.223. The van der Waals surface area contributed by atoms with Crippen LogP contribution in [0.4, 0.5) is 5.69 Å². The summed E-state index contributed by atoms with van der Waals surface area (Å²) in [6.07, 6.45) is 8.57. The van der Waals surface area contributed by atoms with E-state index in [4.69, 9.17) is 5.11 Å². The van der Waals surface area contributed by atoms with Crippen LogP contribution in [0.25, 0.3) is 0 Å². The van der Waals surface area contributed by atoms with Gasteiger partial charge in [-0.2, -0.15) is 5.10 Å². The summed E-state index contributed by atoms with van der Waals surface area (Å²) in [5.74, 6) is 0. The summed E-state index contributed by atoms with van der Waals surface area (Å²) in [6.45, 7) is 0.917. The number of aliphatic hydroxyl groups excluding tert-OH is 1. The number of hydrogen-bond donors (Lipinski definition) is 2. The number of aromatic nitrogens is 2. The fourth-order valence-electron chi connectivity index (χ4n) is 2.16. The highest BCUT2D eigenvalue weighted by molar-refractivity contribution is 9.10. The molecule has 1 aliphatic rings. The largest absolute Gasteiger partial charge is 0.394 e. The molecule has 2 N–H and O–H groups in total. The Labute approximate surface area is 120 Å². The van der Waals surface area contributed by atoms with Crippen LogP contribution in [0.5, 0.6) is 0 Å². The van der Waals surface area contributed by atoms with Crippen molar-refractivity contribution in [3.8, 4) is 0 Å². The normalized spacial score (nSPS) is 14.5. The van der Waals surface area contributed by atoms with E-state index in [0.29, 0.717) is 10.2 Å². The molecule has 0 atom stereocenters. The molecule has 0 aromatic carbocycles. The molecular weight excluding hydrogens is 310 g/mol. The summed E-state index contributed by atoms with van der Waals surface area (Å²) in [5, 5.41) is 16.1. The number of halogens is 1. The number of allylic oxidation sites excluding steroid dienone is 1. The van der Waals surface area contributed by atoms with Gasteiger partial charge in [-0.05, 0) is 41.6 Å². The average Bonchev–Trinajstić information content (AvgIpc) is 2.91. The van der Waals surface area contributed by atoms with E-state index in [2.05, 4.69) is 32.4 Å². The van der Waals surface area contributed by atoms with Crippen molar-refractivity contribution in [3.05, 3.63) is 32.7 Å². The lowest BCUT2D eigenvalue weighted by molar-refractivity contribution is 0.266. The zero-order valence-corrected chi connectivity index (χ0v) is 12.3. The minimum absolute atomic E-state index is 0.0969. The summed E-state index contributed by atoms with van der Waals surface area (Å²) in [6, 6.07) is 0. The van der Waals surface area contributed by atoms with Gasteiger partial charge < -0.3 is 10.4 Å². The predicted molar refractivity (Wildman–Crippen MR) is 78.3 cm³/mol. The van der Waals surface area contributed by atoms with Crippen LogP contribution in [0.2, 0.25) is 0 Å². The summed E-state index contributed by atoms with van der Waals surface area (Å²) in [7, 11) is 0. The second-order valence-electron chi connectivity index (χ2n) is 4.56. The number of rotatable bonds is 6. The number of nitrogens with one attached hydrogen (secondary N) is 1. The highest BCUT2D eigenvalue weighted by atomic mass is 79.9. The molecule has 0 amide bonds. The maximum absolute atomic E-state index is 11.9. The fraction of sp³-hybridized carbons (Fsp3) is 0.538. The number of nitrogens with zero attached hydrogens (tertiary/aromatic N) is 2. The molecule has 1 aliphatic carbocycles. The molecule has 2 rings (SSSR count). The Bertz CT molecular complexity index is 525. The quantitative estimate of drug-likeness (QED) is 0.783. The molecule has 1 aromatic rings. The van der Waals surface area contributed by atoms with E-state index in [1.54, 1.807) is 6.20 Å². The first-order valence-electron chi connectivity index (χ1n) is 6.50. The smallest absolute Gasteiger partial charge is 0.283 e. The van der Waals surface area contributed by atoms with Crippen molar-refractivity contribution in [2.24, 2.45) is 0 Å². The molecule has 0 unspecified atom stereocenters. The van der Waals surface area contributed by atoms with Gasteiger partial charge >= 0.3 is 0 Å². The maximum Gasteiger partial charge on any atom is 0.283 e. The first-order chi connectivity index (χ1) is 9.22. The van der Waals surface area contributed by atoms with Crippen molar-refractivity contribution in [3.63, 3.8) is 0 Å². The maximum atomic E-state index is 11.9. The summed E-state index contributed by atoms with van der Waals surface area (Å²) in [5.41, 5.74) is 1.97. The van der Waals surface area contributed by atoms with Gasteiger partial charge in [-0.25, -0.2) is 4.68 Å². The molecular formula is C13H18BrN3O2. The van der Waals surface area contributed by atoms with Crippen LogP contribution in [0.15, 0.2) is 27.1 Å². The van der Waals surface area contributed by atoms with Crippen LogP contribution in [-0.4, -0.2) is 28.0 Å². The van der Waals surface area contributed by atoms with Gasteiger partial charge in [-0.1, -0.05) is 11.6 Å². The average molecular weight is 328 g/mol. The van der Waals surface area contributed by atoms with Crippen LogP contribution in [0, 0.1) is 0 Å². The van der Waals surface area contributed by atoms with Gasteiger partial charge in [0.15, 0.2) is 0 Å². The Morgan fingerprint density at radius 3 is 3.05 bits per heavy atom. The third-order valence-electron chi connectivity index (χ3n) is 3.19. The molecule has 0 radical (unpaired) electrons. The van der Waals surface area contributed by atoms with Crippen molar-refractivity contribution in [1.82, 2.24) is 9.78 Å². The lowest BCUT2D eigenvalue weighted by atomic mass is 10.2. The molecule has 0 bridgehead atoms. The molecule has 0 spiro atoms. The molecule has 0 saturated heterocycles. The van der Waals surface area contributed by atoms with Crippen molar-refractivity contribution in [2.45, 2.75) is 32.2 Å². The molecule has 1 heterocycles. The lowest BCUT2D eigenvalue weighted by Crippen LogP contribution is -2.26. The topological polar surface area (TPSA) is 67.2 Å². The van der Waals surface area contributed by atoms with Gasteiger partial charge in [0, 0.05) is 6.54 Å². The van der Waals surface area contributed by atoms with Gasteiger partial charge in [0.2, 0.25) is 0 Å². The fourth-order valence-corrected chi connectivity index (χ4v) is 2.61. The Balaban J connectivity index is 1.96. The molecule has 104 valence electrons. The van der Waals surface area contributed by atoms with Crippen LogP contribution < -0.4 is 10.9 Å². The van der Waals surface area contributed by atoms with Gasteiger partial charge in [0.05, 0.1) is 25.0 Å². The Morgan fingerprint density at radius 2 is 2.37 bits per heavy atom. The van der Waals surface area contributed by atoms with Gasteiger partial charge in [-0.15, -0.1) is 0 Å². The SMILES string of the molecule is O=c1c(Br)c(NCCC2=CCCC2)cnn1CCO. The Morgan fingerprint density at radius 1 is 1.53 bits per heavy atom. The monoisotopic (exact) mass is 327 g/mol. The molecule has 6 heteroatoms. The number of hydrogen-bond acceptors (Lipinski definition) is 4. The molecule has 19 heavy (non-hydrogen) atoms. The number of anilines is 1. The standard InChI is InChI=1S/C13H18BrN3O2/c14-12-11(9-16-17(7-8-18)13(12)19)15-6-5-10-3-1-2-4-10/h3,9,15,18H,1-2,4-8H2. The van der Waals surface area contributed by atoms with E-state index in [1.807, 2.05) is 0 Å². The number of aliphatic hydroxyl groups is 1. The van der Waals surface area contributed by atoms with E-state index in [-0.39, 0.29) is 18.7 Å². The highest BCUT2D eigenvalue weighted by Crippen LogP contribution is 2.21. The molecule has 0 saturated carbocycles. The van der Waals surface area contributed by atoms with Crippen LogP contribution in [0.1, 0.15) is 25.7 Å². The second-order valence-corrected chi connectivity index (χ2v) is 5.35. The third kappa shape index (κ3) is 3.67. The van der Waals surface area contributed by atoms with Gasteiger partial charge in [0.25, 0.3) is 5.56 Å². The summed E-state index contributed by atoms with van der Waals surface area (Å²) >= 11 is 3.28. The van der Waals surface area contributed by atoms with Crippen molar-refractivity contribution >= 4 is 21.6 Å². The van der Waals surface area contributed by atoms with Crippen LogP contribution >= 0.6 is 15.9 Å². The summed E-state index contributed by atoms with van der Waals surface area (Å²) < 4.78 is 1.71. The Hall–Kier alpha value is -1.14. The van der Waals surface area contributed by atoms with Crippen molar-refractivity contribution < 1.29 is 5.11 Å². The van der Waals surface area contributed by atoms with E-state index in [9.17, 15) is 4.79 Å². The highest BCUT2D eigenvalue weighted by Gasteiger charge is 2.09. The third-order valence-corrected chi connectivity index (χ3v) is 3.96. The van der Waals surface area contributed by atoms with Crippen molar-refractivity contribution in [1.29, 1.82) is 0 Å². The first kappa shape index (κ1) is 14.3. The first-order valence-corrected chi connectivity index (χ1v) is 7.30. The predicted octanol–water partition coefficient (Wildman–Crippen LogP) is 1.91. The van der Waals surface area contributed by atoms with E-state index in [1.165, 1.54) is 29.5 Å². The van der Waals surface area contributed by atoms with Crippen LogP contribution in [-0.2, 0) is 6.54 Å². The van der Waals surface area contributed by atoms with Crippen LogP contribution in [0.3, 0.4) is 0 Å². The zero-order chi connectivity index (χ0) is 13.7. The second kappa shape index (κ2) is 6.86.